The third-order valence-electron chi connectivity index (χ3n) is 2.10. The van der Waals surface area contributed by atoms with Gasteiger partial charge in [0.15, 0.2) is 6.61 Å². The smallest absolute Gasteiger partial charge is 0.311 e. The van der Waals surface area contributed by atoms with Gasteiger partial charge in [-0.1, -0.05) is 6.07 Å². The molecule has 1 aromatic rings. The Morgan fingerprint density at radius 2 is 2.18 bits per heavy atom. The van der Waals surface area contributed by atoms with Gasteiger partial charge in [-0.3, -0.25) is 20.3 Å². The maximum atomic E-state index is 10.9. The van der Waals surface area contributed by atoms with Crippen LogP contribution in [-0.4, -0.2) is 17.4 Å². The zero-order valence-electron chi connectivity index (χ0n) is 9.52. The van der Waals surface area contributed by atoms with E-state index in [0.717, 1.165) is 5.56 Å². The second-order valence-corrected chi connectivity index (χ2v) is 3.54. The summed E-state index contributed by atoms with van der Waals surface area (Å²) in [5.74, 6) is 4.41. The van der Waals surface area contributed by atoms with Crippen molar-refractivity contribution in [3.63, 3.8) is 0 Å². The van der Waals surface area contributed by atoms with E-state index in [9.17, 15) is 14.9 Å². The van der Waals surface area contributed by atoms with Gasteiger partial charge >= 0.3 is 5.69 Å². The molecular weight excluding hydrogens is 226 g/mol. The van der Waals surface area contributed by atoms with Crippen LogP contribution in [0.25, 0.3) is 0 Å². The Balaban J connectivity index is 3.04. The third-order valence-corrected chi connectivity index (χ3v) is 2.10. The summed E-state index contributed by atoms with van der Waals surface area (Å²) in [6.07, 6.45) is 0. The zero-order valence-corrected chi connectivity index (χ0v) is 9.52. The maximum absolute atomic E-state index is 10.9. The minimum Gasteiger partial charge on any atom is -0.476 e. The standard InChI is InChI=1S/C10H13N3O4/c1-6-3-7(2)10(8(4-6)13(15)16)17-5-9(14)12-11/h3-4H,5,11H2,1-2H3,(H,12,14). The molecule has 0 spiro atoms. The van der Waals surface area contributed by atoms with Gasteiger partial charge in [0.1, 0.15) is 0 Å². The predicted octanol–water partition coefficient (Wildman–Crippen LogP) is 0.580. The fourth-order valence-corrected chi connectivity index (χ4v) is 1.43. The number of carbonyl (C=O) groups is 1. The molecule has 0 bridgehead atoms. The van der Waals surface area contributed by atoms with E-state index in [-0.39, 0.29) is 18.0 Å². The first-order chi connectivity index (χ1) is 7.95. The number of carbonyl (C=O) groups excluding carboxylic acids is 1. The highest BCUT2D eigenvalue weighted by molar-refractivity contribution is 5.77. The van der Waals surface area contributed by atoms with Crippen LogP contribution < -0.4 is 16.0 Å². The molecule has 0 saturated heterocycles. The van der Waals surface area contributed by atoms with Gasteiger partial charge in [-0.15, -0.1) is 0 Å². The third kappa shape index (κ3) is 3.15. The Labute approximate surface area is 97.7 Å². The molecule has 0 aliphatic carbocycles. The minimum absolute atomic E-state index is 0.0872. The summed E-state index contributed by atoms with van der Waals surface area (Å²) in [6, 6.07) is 3.13. The van der Waals surface area contributed by atoms with Crippen molar-refractivity contribution >= 4 is 11.6 Å². The molecular formula is C10H13N3O4. The number of hydrogen-bond acceptors (Lipinski definition) is 5. The average molecular weight is 239 g/mol. The van der Waals surface area contributed by atoms with Gasteiger partial charge in [0.2, 0.25) is 5.75 Å². The molecule has 0 fully saturated rings. The van der Waals surface area contributed by atoms with Crippen molar-refractivity contribution in [1.82, 2.24) is 5.43 Å². The SMILES string of the molecule is Cc1cc(C)c(OCC(=O)NN)c([N+](=O)[O-])c1. The first kappa shape index (κ1) is 12.9. The van der Waals surface area contributed by atoms with Gasteiger partial charge in [-0.05, 0) is 25.0 Å². The van der Waals surface area contributed by atoms with Crippen LogP contribution in [0.2, 0.25) is 0 Å². The van der Waals surface area contributed by atoms with Gasteiger partial charge in [0.25, 0.3) is 5.91 Å². The number of nitrogens with two attached hydrogens (primary N) is 1. The molecule has 0 aromatic heterocycles. The molecule has 17 heavy (non-hydrogen) atoms. The fraction of sp³-hybridized carbons (Fsp3) is 0.300. The van der Waals surface area contributed by atoms with Crippen LogP contribution in [0.5, 0.6) is 5.75 Å². The maximum Gasteiger partial charge on any atom is 0.311 e. The Kier molecular flexibility index (Phi) is 4.00. The van der Waals surface area contributed by atoms with Crippen molar-refractivity contribution in [1.29, 1.82) is 0 Å². The van der Waals surface area contributed by atoms with E-state index in [1.54, 1.807) is 19.9 Å². The second kappa shape index (κ2) is 5.26. The molecule has 1 aromatic carbocycles. The van der Waals surface area contributed by atoms with Crippen LogP contribution >= 0.6 is 0 Å². The van der Waals surface area contributed by atoms with E-state index in [0.29, 0.717) is 5.56 Å². The van der Waals surface area contributed by atoms with Gasteiger partial charge in [-0.25, -0.2) is 5.84 Å². The van der Waals surface area contributed by atoms with Gasteiger partial charge < -0.3 is 4.74 Å². The number of hydrogen-bond donors (Lipinski definition) is 2. The quantitative estimate of drug-likeness (QED) is 0.346. The topological polar surface area (TPSA) is 107 Å². The highest BCUT2D eigenvalue weighted by atomic mass is 16.6. The first-order valence-electron chi connectivity index (χ1n) is 4.83. The molecule has 92 valence electrons. The summed E-state index contributed by atoms with van der Waals surface area (Å²) in [5, 5.41) is 10.8. The van der Waals surface area contributed by atoms with Gasteiger partial charge in [0.05, 0.1) is 4.92 Å². The Morgan fingerprint density at radius 1 is 1.53 bits per heavy atom. The van der Waals surface area contributed by atoms with E-state index in [4.69, 9.17) is 10.6 Å². The van der Waals surface area contributed by atoms with Gasteiger partial charge in [-0.2, -0.15) is 0 Å². The molecule has 1 rings (SSSR count). The monoisotopic (exact) mass is 239 g/mol. The largest absolute Gasteiger partial charge is 0.476 e. The Hall–Kier alpha value is -2.15. The highest BCUT2D eigenvalue weighted by Gasteiger charge is 2.19. The number of nitrogens with zero attached hydrogens (tertiary/aromatic N) is 1. The van der Waals surface area contributed by atoms with Crippen molar-refractivity contribution in [2.45, 2.75) is 13.8 Å². The predicted molar refractivity (Wildman–Crippen MR) is 60.4 cm³/mol. The Bertz CT molecular complexity index is 459. The van der Waals surface area contributed by atoms with Crippen LogP contribution in [0.1, 0.15) is 11.1 Å². The number of nitrogens with one attached hydrogen (secondary N) is 1. The normalized spacial score (nSPS) is 9.82. The number of amides is 1. The lowest BCUT2D eigenvalue weighted by Gasteiger charge is -2.09. The van der Waals surface area contributed by atoms with E-state index in [2.05, 4.69) is 0 Å². The number of nitro benzene ring substituents is 1. The van der Waals surface area contributed by atoms with Crippen molar-refractivity contribution in [3.8, 4) is 5.75 Å². The molecule has 0 saturated carbocycles. The van der Waals surface area contributed by atoms with E-state index in [1.807, 2.05) is 5.43 Å². The lowest BCUT2D eigenvalue weighted by Crippen LogP contribution is -2.34. The number of nitro groups is 1. The van der Waals surface area contributed by atoms with Crippen LogP contribution in [0, 0.1) is 24.0 Å². The summed E-state index contributed by atoms with van der Waals surface area (Å²) in [4.78, 5) is 21.2. The van der Waals surface area contributed by atoms with Crippen molar-refractivity contribution in [3.05, 3.63) is 33.4 Å². The summed E-state index contributed by atoms with van der Waals surface area (Å²) in [7, 11) is 0. The lowest BCUT2D eigenvalue weighted by atomic mass is 10.1. The molecule has 0 radical (unpaired) electrons. The number of aryl methyl sites for hydroxylation is 2. The van der Waals surface area contributed by atoms with Crippen molar-refractivity contribution in [2.24, 2.45) is 5.84 Å². The number of ether oxygens (including phenoxy) is 1. The first-order valence-corrected chi connectivity index (χ1v) is 4.83. The summed E-state index contributed by atoms with van der Waals surface area (Å²) < 4.78 is 5.10. The summed E-state index contributed by atoms with van der Waals surface area (Å²) in [6.45, 7) is 3.06. The van der Waals surface area contributed by atoms with Crippen LogP contribution in [0.3, 0.4) is 0 Å². The van der Waals surface area contributed by atoms with Crippen LogP contribution in [0.4, 0.5) is 5.69 Å². The number of hydrazine groups is 1. The summed E-state index contributed by atoms with van der Waals surface area (Å²) in [5.41, 5.74) is 3.07. The fourth-order valence-electron chi connectivity index (χ4n) is 1.43. The van der Waals surface area contributed by atoms with Crippen LogP contribution in [0.15, 0.2) is 12.1 Å². The van der Waals surface area contributed by atoms with Crippen molar-refractivity contribution < 1.29 is 14.5 Å². The molecule has 0 atom stereocenters. The molecule has 0 aliphatic rings. The lowest BCUT2D eigenvalue weighted by molar-refractivity contribution is -0.385. The molecule has 3 N–H and O–H groups in total. The van der Waals surface area contributed by atoms with E-state index < -0.39 is 10.8 Å². The molecule has 7 nitrogen and oxygen atoms in total. The van der Waals surface area contributed by atoms with Gasteiger partial charge in [0, 0.05) is 6.07 Å². The molecule has 1 amide bonds. The molecule has 7 heteroatoms. The highest BCUT2D eigenvalue weighted by Crippen LogP contribution is 2.31. The van der Waals surface area contributed by atoms with Crippen molar-refractivity contribution in [2.75, 3.05) is 6.61 Å². The minimum atomic E-state index is -0.556. The summed E-state index contributed by atoms with van der Waals surface area (Å²) >= 11 is 0. The molecule has 0 aliphatic heterocycles. The van der Waals surface area contributed by atoms with Crippen LogP contribution in [-0.2, 0) is 4.79 Å². The number of benzene rings is 1. The van der Waals surface area contributed by atoms with E-state index >= 15 is 0 Å². The van der Waals surface area contributed by atoms with E-state index in [1.165, 1.54) is 6.07 Å². The Morgan fingerprint density at radius 3 is 2.71 bits per heavy atom. The zero-order chi connectivity index (χ0) is 13.0. The average Bonchev–Trinajstić information content (AvgIpc) is 2.26. The molecule has 0 heterocycles. The molecule has 0 unspecified atom stereocenters. The second-order valence-electron chi connectivity index (χ2n) is 3.54. The number of rotatable bonds is 4.